The maximum absolute atomic E-state index is 13.3. The fourth-order valence-electron chi connectivity index (χ4n) is 3.03. The van der Waals surface area contributed by atoms with Crippen molar-refractivity contribution < 1.29 is 13.9 Å². The smallest absolute Gasteiger partial charge is 0.252 e. The van der Waals surface area contributed by atoms with Gasteiger partial charge < -0.3 is 15.0 Å². The van der Waals surface area contributed by atoms with Gasteiger partial charge in [0, 0.05) is 30.8 Å². The third kappa shape index (κ3) is 4.24. The van der Waals surface area contributed by atoms with Gasteiger partial charge in [-0.2, -0.15) is 0 Å². The fourth-order valence-corrected chi connectivity index (χ4v) is 3.03. The minimum atomic E-state index is -0.324. The molecule has 6 nitrogen and oxygen atoms in total. The number of rotatable bonds is 6. The number of carbonyl (C=O) groups is 1. The van der Waals surface area contributed by atoms with E-state index < -0.39 is 0 Å². The Morgan fingerprint density at radius 1 is 1.17 bits per heavy atom. The summed E-state index contributed by atoms with van der Waals surface area (Å²) < 4.78 is 18.5. The molecule has 4 aromatic rings. The number of aromatic amines is 1. The standard InChI is InChI=1S/C22H19FN4O2/c1-29-17-6-8-19-20(12-17)27-21(26-19)9-10-24-22(28)15-5-7-18(25-13-15)14-3-2-4-16(23)11-14/h2-8,11-13H,9-10H2,1H3,(H,24,28)(H,26,27). The summed E-state index contributed by atoms with van der Waals surface area (Å²) in [6, 6.07) is 15.2. The van der Waals surface area contributed by atoms with E-state index in [0.717, 1.165) is 22.6 Å². The number of benzene rings is 2. The Morgan fingerprint density at radius 3 is 2.83 bits per heavy atom. The first kappa shape index (κ1) is 18.6. The zero-order valence-electron chi connectivity index (χ0n) is 15.8. The highest BCUT2D eigenvalue weighted by Gasteiger charge is 2.09. The lowest BCUT2D eigenvalue weighted by Crippen LogP contribution is -2.26. The molecule has 1 amide bonds. The molecule has 0 atom stereocenters. The molecule has 2 aromatic heterocycles. The van der Waals surface area contributed by atoms with Crippen molar-refractivity contribution in [3.05, 3.63) is 78.0 Å². The summed E-state index contributed by atoms with van der Waals surface area (Å²) >= 11 is 0. The molecule has 0 aliphatic carbocycles. The molecule has 0 saturated carbocycles. The maximum atomic E-state index is 13.3. The molecule has 0 aliphatic heterocycles. The number of ether oxygens (including phenoxy) is 1. The van der Waals surface area contributed by atoms with Crippen molar-refractivity contribution in [1.82, 2.24) is 20.3 Å². The molecule has 146 valence electrons. The first-order valence-electron chi connectivity index (χ1n) is 9.15. The summed E-state index contributed by atoms with van der Waals surface area (Å²) in [6.07, 6.45) is 2.06. The van der Waals surface area contributed by atoms with E-state index in [2.05, 4.69) is 20.3 Å². The van der Waals surface area contributed by atoms with Crippen molar-refractivity contribution in [1.29, 1.82) is 0 Å². The predicted octanol–water partition coefficient (Wildman–Crippen LogP) is 3.75. The number of nitrogens with one attached hydrogen (secondary N) is 2. The number of amides is 1. The van der Waals surface area contributed by atoms with E-state index in [1.807, 2.05) is 18.2 Å². The first-order chi connectivity index (χ1) is 14.1. The largest absolute Gasteiger partial charge is 0.497 e. The average molecular weight is 390 g/mol. The summed E-state index contributed by atoms with van der Waals surface area (Å²) in [4.78, 5) is 24.3. The number of nitrogens with zero attached hydrogens (tertiary/aromatic N) is 2. The van der Waals surface area contributed by atoms with Gasteiger partial charge in [0.2, 0.25) is 0 Å². The van der Waals surface area contributed by atoms with Crippen molar-refractivity contribution in [2.24, 2.45) is 0 Å². The zero-order chi connectivity index (χ0) is 20.2. The molecule has 4 rings (SSSR count). The second-order valence-electron chi connectivity index (χ2n) is 6.51. The van der Waals surface area contributed by atoms with Crippen LogP contribution in [0.15, 0.2) is 60.8 Å². The van der Waals surface area contributed by atoms with Crippen LogP contribution in [-0.4, -0.2) is 34.5 Å². The number of aromatic nitrogens is 3. The van der Waals surface area contributed by atoms with Gasteiger partial charge in [0.15, 0.2) is 0 Å². The molecule has 0 radical (unpaired) electrons. The van der Waals surface area contributed by atoms with Crippen LogP contribution in [0.25, 0.3) is 22.3 Å². The van der Waals surface area contributed by atoms with Gasteiger partial charge in [-0.05, 0) is 36.4 Å². The Bertz CT molecular complexity index is 1160. The van der Waals surface area contributed by atoms with Crippen LogP contribution in [0, 0.1) is 5.82 Å². The number of hydrogen-bond acceptors (Lipinski definition) is 4. The third-order valence-electron chi connectivity index (χ3n) is 4.53. The second-order valence-corrected chi connectivity index (χ2v) is 6.51. The van der Waals surface area contributed by atoms with Gasteiger partial charge in [-0.3, -0.25) is 9.78 Å². The van der Waals surface area contributed by atoms with E-state index in [4.69, 9.17) is 4.74 Å². The Kier molecular flexibility index (Phi) is 5.20. The Balaban J connectivity index is 1.36. The van der Waals surface area contributed by atoms with E-state index in [1.54, 1.807) is 31.4 Å². The third-order valence-corrected chi connectivity index (χ3v) is 4.53. The number of H-pyrrole nitrogens is 1. The molecule has 0 saturated heterocycles. The van der Waals surface area contributed by atoms with Gasteiger partial charge in [0.1, 0.15) is 17.4 Å². The van der Waals surface area contributed by atoms with Crippen molar-refractivity contribution in [2.75, 3.05) is 13.7 Å². The number of methoxy groups -OCH3 is 1. The number of carbonyl (C=O) groups excluding carboxylic acids is 1. The predicted molar refractivity (Wildman–Crippen MR) is 108 cm³/mol. The number of imidazole rings is 1. The average Bonchev–Trinajstić information content (AvgIpc) is 3.15. The van der Waals surface area contributed by atoms with E-state index in [-0.39, 0.29) is 11.7 Å². The van der Waals surface area contributed by atoms with E-state index in [0.29, 0.717) is 29.8 Å². The normalized spacial score (nSPS) is 10.8. The van der Waals surface area contributed by atoms with Gasteiger partial charge in [-0.15, -0.1) is 0 Å². The molecule has 7 heteroatoms. The quantitative estimate of drug-likeness (QED) is 0.526. The Labute approximate surface area is 166 Å². The zero-order valence-corrected chi connectivity index (χ0v) is 15.8. The molecule has 29 heavy (non-hydrogen) atoms. The molecular weight excluding hydrogens is 371 g/mol. The van der Waals surface area contributed by atoms with Crippen molar-refractivity contribution in [3.63, 3.8) is 0 Å². The lowest BCUT2D eigenvalue weighted by atomic mass is 10.1. The summed E-state index contributed by atoms with van der Waals surface area (Å²) in [6.45, 7) is 0.432. The van der Waals surface area contributed by atoms with Crippen LogP contribution in [0.5, 0.6) is 5.75 Å². The monoisotopic (exact) mass is 390 g/mol. The van der Waals surface area contributed by atoms with E-state index in [1.165, 1.54) is 18.3 Å². The molecule has 2 heterocycles. The Morgan fingerprint density at radius 2 is 2.07 bits per heavy atom. The summed E-state index contributed by atoms with van der Waals surface area (Å²) in [5.74, 6) is 1.000. The van der Waals surface area contributed by atoms with Crippen molar-refractivity contribution in [2.45, 2.75) is 6.42 Å². The first-order valence-corrected chi connectivity index (χ1v) is 9.15. The molecule has 0 bridgehead atoms. The van der Waals surface area contributed by atoms with Crippen LogP contribution in [0.1, 0.15) is 16.2 Å². The van der Waals surface area contributed by atoms with Crippen LogP contribution >= 0.6 is 0 Å². The molecule has 0 aliphatic rings. The molecule has 2 N–H and O–H groups in total. The molecule has 0 unspecified atom stereocenters. The van der Waals surface area contributed by atoms with Crippen LogP contribution in [-0.2, 0) is 6.42 Å². The van der Waals surface area contributed by atoms with Gasteiger partial charge in [0.05, 0.1) is 29.4 Å². The lowest BCUT2D eigenvalue weighted by molar-refractivity contribution is 0.0953. The summed E-state index contributed by atoms with van der Waals surface area (Å²) in [5.41, 5.74) is 3.46. The van der Waals surface area contributed by atoms with Crippen LogP contribution < -0.4 is 10.1 Å². The SMILES string of the molecule is COc1ccc2nc(CCNC(=O)c3ccc(-c4cccc(F)c4)nc3)[nH]c2c1. The van der Waals surface area contributed by atoms with Crippen LogP contribution in [0.2, 0.25) is 0 Å². The highest BCUT2D eigenvalue weighted by molar-refractivity contribution is 5.94. The molecule has 2 aromatic carbocycles. The van der Waals surface area contributed by atoms with Gasteiger partial charge in [-0.1, -0.05) is 12.1 Å². The lowest BCUT2D eigenvalue weighted by Gasteiger charge is -2.05. The van der Waals surface area contributed by atoms with Crippen LogP contribution in [0.3, 0.4) is 0 Å². The van der Waals surface area contributed by atoms with Gasteiger partial charge >= 0.3 is 0 Å². The molecular formula is C22H19FN4O2. The Hall–Kier alpha value is -3.74. The summed E-state index contributed by atoms with van der Waals surface area (Å²) in [5, 5.41) is 2.86. The second kappa shape index (κ2) is 8.10. The molecule has 0 fully saturated rings. The number of fused-ring (bicyclic) bond motifs is 1. The highest BCUT2D eigenvalue weighted by Crippen LogP contribution is 2.19. The number of pyridine rings is 1. The van der Waals surface area contributed by atoms with Crippen molar-refractivity contribution in [3.8, 4) is 17.0 Å². The summed E-state index contributed by atoms with van der Waals surface area (Å²) in [7, 11) is 1.62. The topological polar surface area (TPSA) is 79.9 Å². The van der Waals surface area contributed by atoms with Gasteiger partial charge in [0.25, 0.3) is 5.91 Å². The minimum Gasteiger partial charge on any atom is -0.497 e. The highest BCUT2D eigenvalue weighted by atomic mass is 19.1. The fraction of sp³-hybridized carbons (Fsp3) is 0.136. The van der Waals surface area contributed by atoms with E-state index >= 15 is 0 Å². The van der Waals surface area contributed by atoms with E-state index in [9.17, 15) is 9.18 Å². The molecule has 0 spiro atoms. The van der Waals surface area contributed by atoms with Gasteiger partial charge in [-0.25, -0.2) is 9.37 Å². The number of hydrogen-bond donors (Lipinski definition) is 2. The number of halogens is 1. The van der Waals surface area contributed by atoms with Crippen molar-refractivity contribution >= 4 is 16.9 Å². The van der Waals surface area contributed by atoms with Crippen LogP contribution in [0.4, 0.5) is 4.39 Å². The maximum Gasteiger partial charge on any atom is 0.252 e. The minimum absolute atomic E-state index is 0.221.